The topological polar surface area (TPSA) is 97.1 Å². The molecule has 0 unspecified atom stereocenters. The molecule has 0 aromatic carbocycles. The molecule has 0 bridgehead atoms. The molecule has 1 fully saturated rings. The van der Waals surface area contributed by atoms with E-state index in [0.717, 1.165) is 19.3 Å². The molecule has 0 radical (unpaired) electrons. The van der Waals surface area contributed by atoms with Crippen molar-refractivity contribution in [2.24, 2.45) is 11.7 Å². The third-order valence-electron chi connectivity index (χ3n) is 3.82. The number of terminal acetylenes is 1. The van der Waals surface area contributed by atoms with Crippen molar-refractivity contribution in [2.45, 2.75) is 32.2 Å². The van der Waals surface area contributed by atoms with Crippen LogP contribution in [0.25, 0.3) is 0 Å². The molecule has 1 heterocycles. The summed E-state index contributed by atoms with van der Waals surface area (Å²) in [6, 6.07) is 1.91. The van der Waals surface area contributed by atoms with Crippen molar-refractivity contribution in [2.75, 3.05) is 11.9 Å². The van der Waals surface area contributed by atoms with Crippen LogP contribution in [-0.4, -0.2) is 29.4 Å². The van der Waals surface area contributed by atoms with E-state index in [1.807, 2.05) is 0 Å². The molecule has 1 aromatic rings. The van der Waals surface area contributed by atoms with Gasteiger partial charge in [0.1, 0.15) is 0 Å². The molecule has 1 aromatic heterocycles. The number of amides is 2. The molecule has 0 aliphatic heterocycles. The lowest BCUT2D eigenvalue weighted by Crippen LogP contribution is -2.40. The molecule has 1 saturated carbocycles. The van der Waals surface area contributed by atoms with Gasteiger partial charge in [-0.15, -0.1) is 6.42 Å². The molecule has 1 aliphatic carbocycles. The number of rotatable bonds is 4. The highest BCUT2D eigenvalue weighted by Gasteiger charge is 2.25. The van der Waals surface area contributed by atoms with E-state index in [-0.39, 0.29) is 0 Å². The Labute approximate surface area is 129 Å². The maximum Gasteiger partial charge on any atom is 0.313 e. The van der Waals surface area contributed by atoms with Gasteiger partial charge >= 0.3 is 11.8 Å². The maximum atomic E-state index is 11.8. The van der Waals surface area contributed by atoms with Gasteiger partial charge in [-0.2, -0.15) is 0 Å². The molecule has 2 amide bonds. The average molecular weight is 300 g/mol. The van der Waals surface area contributed by atoms with Crippen LogP contribution in [0.5, 0.6) is 0 Å². The third kappa shape index (κ3) is 4.06. The summed E-state index contributed by atoms with van der Waals surface area (Å²) in [5.41, 5.74) is 7.38. The van der Waals surface area contributed by atoms with Gasteiger partial charge < -0.3 is 16.4 Å². The Morgan fingerprint density at radius 3 is 2.82 bits per heavy atom. The summed E-state index contributed by atoms with van der Waals surface area (Å²) in [5, 5.41) is 5.09. The van der Waals surface area contributed by atoms with Crippen LogP contribution in [0.2, 0.25) is 0 Å². The molecule has 0 atom stereocenters. The Morgan fingerprint density at radius 2 is 2.18 bits per heavy atom. The van der Waals surface area contributed by atoms with Crippen molar-refractivity contribution in [1.82, 2.24) is 10.3 Å². The van der Waals surface area contributed by atoms with Crippen molar-refractivity contribution < 1.29 is 9.59 Å². The molecule has 6 nitrogen and oxygen atoms in total. The lowest BCUT2D eigenvalue weighted by Gasteiger charge is -2.32. The molecule has 116 valence electrons. The van der Waals surface area contributed by atoms with E-state index >= 15 is 0 Å². The number of nitrogens with zero attached hydrogens (tertiary/aromatic N) is 1. The highest BCUT2D eigenvalue weighted by atomic mass is 16.2. The molecular formula is C16H20N4O2. The van der Waals surface area contributed by atoms with Crippen LogP contribution in [0.4, 0.5) is 5.69 Å². The number of nitrogens with one attached hydrogen (secondary N) is 2. The third-order valence-corrected chi connectivity index (χ3v) is 3.82. The maximum absolute atomic E-state index is 11.8. The molecule has 0 saturated heterocycles. The number of anilines is 1. The zero-order valence-electron chi connectivity index (χ0n) is 12.6. The summed E-state index contributed by atoms with van der Waals surface area (Å²) in [7, 11) is 0. The number of aromatic nitrogens is 1. The van der Waals surface area contributed by atoms with Gasteiger partial charge in [0.2, 0.25) is 0 Å². The number of carbonyl (C=O) groups excluding carboxylic acids is 2. The highest BCUT2D eigenvalue weighted by molar-refractivity contribution is 6.39. The zero-order valence-corrected chi connectivity index (χ0v) is 12.6. The predicted octanol–water partition coefficient (Wildman–Crippen LogP) is 0.553. The number of hydrogen-bond donors (Lipinski definition) is 3. The summed E-state index contributed by atoms with van der Waals surface area (Å²) in [6.45, 7) is 2.26. The first kappa shape index (κ1) is 16.0. The van der Waals surface area contributed by atoms with Gasteiger partial charge in [0.15, 0.2) is 0 Å². The smallest absolute Gasteiger partial charge is 0.313 e. The van der Waals surface area contributed by atoms with Crippen molar-refractivity contribution in [3.63, 3.8) is 0 Å². The van der Waals surface area contributed by atoms with E-state index in [0.29, 0.717) is 35.4 Å². The van der Waals surface area contributed by atoms with Crippen LogP contribution in [0.3, 0.4) is 0 Å². The molecule has 2 rings (SSSR count). The Kier molecular flexibility index (Phi) is 5.12. The van der Waals surface area contributed by atoms with Gasteiger partial charge in [-0.3, -0.25) is 14.6 Å². The van der Waals surface area contributed by atoms with Crippen molar-refractivity contribution in [3.05, 3.63) is 23.5 Å². The van der Waals surface area contributed by atoms with Crippen LogP contribution >= 0.6 is 0 Å². The first-order valence-electron chi connectivity index (χ1n) is 7.27. The second-order valence-corrected chi connectivity index (χ2v) is 5.60. The van der Waals surface area contributed by atoms with Crippen LogP contribution in [0.15, 0.2) is 12.3 Å². The number of carbonyl (C=O) groups is 2. The van der Waals surface area contributed by atoms with Gasteiger partial charge in [0.05, 0.1) is 17.6 Å². The fraction of sp³-hybridized carbons (Fsp3) is 0.438. The quantitative estimate of drug-likeness (QED) is 0.559. The summed E-state index contributed by atoms with van der Waals surface area (Å²) in [6.07, 6.45) is 9.64. The largest absolute Gasteiger partial charge is 0.348 e. The first-order chi connectivity index (χ1) is 10.5. The molecule has 0 spiro atoms. The van der Waals surface area contributed by atoms with Gasteiger partial charge in [0.25, 0.3) is 0 Å². The number of hydrogen-bond acceptors (Lipinski definition) is 4. The van der Waals surface area contributed by atoms with E-state index in [1.54, 1.807) is 13.0 Å². The van der Waals surface area contributed by atoms with E-state index in [2.05, 4.69) is 21.5 Å². The van der Waals surface area contributed by atoms with Crippen LogP contribution in [0.1, 0.15) is 30.5 Å². The van der Waals surface area contributed by atoms with Crippen molar-refractivity contribution in [1.29, 1.82) is 0 Å². The van der Waals surface area contributed by atoms with E-state index < -0.39 is 11.8 Å². The Bertz CT molecular complexity index is 615. The standard InChI is InChI=1S/C16H20N4O2/c1-3-12-8-14(9-19-10(12)2)20-16(22)15(21)18-5-4-11-6-13(17)7-11/h1,8-9,11,13H,4-7,17H2,2H3,(H,18,21)(H,20,22). The number of nitrogens with two attached hydrogens (primary N) is 1. The SMILES string of the molecule is C#Cc1cc(NC(=O)C(=O)NCCC2CC(N)C2)cnc1C. The van der Waals surface area contributed by atoms with Crippen LogP contribution in [-0.2, 0) is 9.59 Å². The molecule has 1 aliphatic rings. The molecule has 4 N–H and O–H groups in total. The number of aryl methyl sites for hydroxylation is 1. The Morgan fingerprint density at radius 1 is 1.45 bits per heavy atom. The minimum Gasteiger partial charge on any atom is -0.348 e. The van der Waals surface area contributed by atoms with E-state index in [1.165, 1.54) is 6.20 Å². The Balaban J connectivity index is 1.78. The second-order valence-electron chi connectivity index (χ2n) is 5.60. The summed E-state index contributed by atoms with van der Waals surface area (Å²) >= 11 is 0. The van der Waals surface area contributed by atoms with Gasteiger partial charge in [-0.25, -0.2) is 0 Å². The monoisotopic (exact) mass is 300 g/mol. The zero-order chi connectivity index (χ0) is 16.1. The second kappa shape index (κ2) is 7.05. The van der Waals surface area contributed by atoms with Gasteiger partial charge in [0, 0.05) is 18.2 Å². The normalized spacial score (nSPS) is 19.7. The highest BCUT2D eigenvalue weighted by Crippen LogP contribution is 2.27. The molecule has 6 heteroatoms. The molecular weight excluding hydrogens is 280 g/mol. The summed E-state index contributed by atoms with van der Waals surface area (Å²) < 4.78 is 0. The van der Waals surface area contributed by atoms with Crippen molar-refractivity contribution >= 4 is 17.5 Å². The average Bonchev–Trinajstić information content (AvgIpc) is 2.47. The fourth-order valence-electron chi connectivity index (χ4n) is 2.43. The fourth-order valence-corrected chi connectivity index (χ4v) is 2.43. The van der Waals surface area contributed by atoms with E-state index in [9.17, 15) is 9.59 Å². The lowest BCUT2D eigenvalue weighted by molar-refractivity contribution is -0.136. The van der Waals surface area contributed by atoms with Crippen LogP contribution in [0, 0.1) is 25.2 Å². The number of pyridine rings is 1. The first-order valence-corrected chi connectivity index (χ1v) is 7.27. The Hall–Kier alpha value is -2.39. The lowest BCUT2D eigenvalue weighted by atomic mass is 9.79. The van der Waals surface area contributed by atoms with Crippen molar-refractivity contribution in [3.8, 4) is 12.3 Å². The minimum atomic E-state index is -0.723. The minimum absolute atomic E-state index is 0.295. The predicted molar refractivity (Wildman–Crippen MR) is 83.9 cm³/mol. The van der Waals surface area contributed by atoms with Crippen LogP contribution < -0.4 is 16.4 Å². The summed E-state index contributed by atoms with van der Waals surface area (Å²) in [4.78, 5) is 27.6. The molecule has 22 heavy (non-hydrogen) atoms. The van der Waals surface area contributed by atoms with Gasteiger partial charge in [-0.1, -0.05) is 5.92 Å². The van der Waals surface area contributed by atoms with Gasteiger partial charge in [-0.05, 0) is 38.2 Å². The van der Waals surface area contributed by atoms with E-state index in [4.69, 9.17) is 12.2 Å². The summed E-state index contributed by atoms with van der Waals surface area (Å²) in [5.74, 6) is 1.65.